The van der Waals surface area contributed by atoms with Crippen LogP contribution in [-0.2, 0) is 0 Å². The molecule has 1 rings (SSSR count). The summed E-state index contributed by atoms with van der Waals surface area (Å²) in [5.74, 6) is -0.960. The van der Waals surface area contributed by atoms with Crippen molar-refractivity contribution in [3.8, 4) is 0 Å². The Kier molecular flexibility index (Phi) is 2.06. The molecule has 12 heavy (non-hydrogen) atoms. The van der Waals surface area contributed by atoms with Gasteiger partial charge in [-0.3, -0.25) is 20.5 Å². The third-order valence-electron chi connectivity index (χ3n) is 1.19. The van der Waals surface area contributed by atoms with Crippen molar-refractivity contribution >= 4 is 11.7 Å². The number of carbonyl (C=O) groups is 1. The lowest BCUT2D eigenvalue weighted by molar-refractivity contribution is 0.0999. The highest BCUT2D eigenvalue weighted by Crippen LogP contribution is 2.04. The van der Waals surface area contributed by atoms with Gasteiger partial charge in [0.15, 0.2) is 0 Å². The first kappa shape index (κ1) is 8.21. The lowest BCUT2D eigenvalue weighted by atomic mass is 10.3. The summed E-state index contributed by atoms with van der Waals surface area (Å²) in [7, 11) is 0. The number of nitrogens with zero attached hydrogens (tertiary/aromatic N) is 1. The van der Waals surface area contributed by atoms with Gasteiger partial charge in [-0.1, -0.05) is 0 Å². The fourth-order valence-corrected chi connectivity index (χ4v) is 0.669. The molecule has 0 atom stereocenters. The Labute approximate surface area is 66.2 Å². The summed E-state index contributed by atoms with van der Waals surface area (Å²) in [5.41, 5.74) is 5.74. The maximum Gasteiger partial charge on any atom is 0.346 e. The number of rotatable bonds is 2. The van der Waals surface area contributed by atoms with Crippen LogP contribution in [0.25, 0.3) is 0 Å². The van der Waals surface area contributed by atoms with Crippen LogP contribution in [0.4, 0.5) is 5.82 Å². The van der Waals surface area contributed by atoms with E-state index in [4.69, 9.17) is 10.9 Å². The smallest absolute Gasteiger partial charge is 0.346 e. The van der Waals surface area contributed by atoms with E-state index in [0.29, 0.717) is 0 Å². The normalized spacial score (nSPS) is 9.42. The van der Waals surface area contributed by atoms with Crippen LogP contribution in [0.3, 0.4) is 0 Å². The summed E-state index contributed by atoms with van der Waals surface area (Å²) < 4.78 is 0. The third kappa shape index (κ3) is 1.40. The van der Waals surface area contributed by atoms with E-state index in [1.54, 1.807) is 5.48 Å². The lowest BCUT2D eigenvalue weighted by Gasteiger charge is -2.01. The van der Waals surface area contributed by atoms with Crippen molar-refractivity contribution in [3.63, 3.8) is 0 Å². The quantitative estimate of drug-likeness (QED) is 0.410. The van der Waals surface area contributed by atoms with Gasteiger partial charge in [0.2, 0.25) is 0 Å². The molecule has 0 saturated heterocycles. The molecule has 0 saturated carbocycles. The molecule has 0 aromatic carbocycles. The zero-order valence-electron chi connectivity index (χ0n) is 5.87. The van der Waals surface area contributed by atoms with Gasteiger partial charge < -0.3 is 5.73 Å². The van der Waals surface area contributed by atoms with E-state index in [9.17, 15) is 9.59 Å². The number of aromatic amines is 1. The zero-order valence-corrected chi connectivity index (χ0v) is 5.87. The second-order valence-electron chi connectivity index (χ2n) is 1.95. The molecular weight excluding hydrogens is 164 g/mol. The lowest BCUT2D eigenvalue weighted by Crippen LogP contribution is -2.20. The number of H-pyrrole nitrogens is 1. The number of anilines is 1. The van der Waals surface area contributed by atoms with Crippen molar-refractivity contribution in [1.82, 2.24) is 9.97 Å². The van der Waals surface area contributed by atoms with Crippen molar-refractivity contribution in [2.75, 3.05) is 5.48 Å². The first-order valence-electron chi connectivity index (χ1n) is 2.94. The molecule has 1 heterocycles. The fourth-order valence-electron chi connectivity index (χ4n) is 0.669. The van der Waals surface area contributed by atoms with E-state index in [-0.39, 0.29) is 11.4 Å². The van der Waals surface area contributed by atoms with E-state index in [1.807, 2.05) is 0 Å². The van der Waals surface area contributed by atoms with Gasteiger partial charge in [0.05, 0.1) is 0 Å². The topological polar surface area (TPSA) is 121 Å². The second kappa shape index (κ2) is 3.01. The highest BCUT2D eigenvalue weighted by Gasteiger charge is 2.08. The van der Waals surface area contributed by atoms with E-state index in [1.165, 1.54) is 0 Å². The maximum absolute atomic E-state index is 10.6. The number of nitrogens with one attached hydrogen (secondary N) is 2. The van der Waals surface area contributed by atoms with Crippen molar-refractivity contribution in [3.05, 3.63) is 22.2 Å². The number of carbonyl (C=O) groups excluding carboxylic acids is 1. The van der Waals surface area contributed by atoms with Gasteiger partial charge in [-0.15, -0.1) is 0 Å². The van der Waals surface area contributed by atoms with E-state index < -0.39 is 11.6 Å². The Morgan fingerprint density at radius 2 is 2.42 bits per heavy atom. The van der Waals surface area contributed by atoms with Crippen LogP contribution < -0.4 is 16.9 Å². The van der Waals surface area contributed by atoms with Crippen molar-refractivity contribution < 1.29 is 10.0 Å². The predicted molar refractivity (Wildman–Crippen MR) is 38.8 cm³/mol. The summed E-state index contributed by atoms with van der Waals surface area (Å²) in [6.45, 7) is 0. The van der Waals surface area contributed by atoms with Gasteiger partial charge in [-0.25, -0.2) is 9.78 Å². The fraction of sp³-hybridized carbons (Fsp3) is 0. The van der Waals surface area contributed by atoms with Crippen molar-refractivity contribution in [1.29, 1.82) is 0 Å². The van der Waals surface area contributed by atoms with Crippen LogP contribution in [0.5, 0.6) is 0 Å². The molecular formula is C5H6N4O3. The standard InChI is InChI=1S/C5H6N4O3/c6-3(10)2-1-7-5(11)8-4(2)9-12/h1,12H,(H2,6,10)(H2,7,8,9,11). The van der Waals surface area contributed by atoms with Gasteiger partial charge in [0.1, 0.15) is 11.4 Å². The first-order chi connectivity index (χ1) is 5.65. The Hall–Kier alpha value is -1.89. The first-order valence-corrected chi connectivity index (χ1v) is 2.94. The molecule has 0 aliphatic heterocycles. The highest BCUT2D eigenvalue weighted by molar-refractivity contribution is 5.96. The summed E-state index contributed by atoms with van der Waals surface area (Å²) >= 11 is 0. The molecule has 0 bridgehead atoms. The van der Waals surface area contributed by atoms with Crippen molar-refractivity contribution in [2.45, 2.75) is 0 Å². The predicted octanol–water partition coefficient (Wildman–Crippen LogP) is -1.33. The molecule has 0 fully saturated rings. The number of nitrogens with two attached hydrogens (primary N) is 1. The molecule has 0 unspecified atom stereocenters. The average molecular weight is 170 g/mol. The minimum Gasteiger partial charge on any atom is -0.365 e. The van der Waals surface area contributed by atoms with E-state index in [0.717, 1.165) is 6.20 Å². The molecule has 64 valence electrons. The van der Waals surface area contributed by atoms with Crippen LogP contribution in [-0.4, -0.2) is 21.1 Å². The van der Waals surface area contributed by atoms with E-state index >= 15 is 0 Å². The van der Waals surface area contributed by atoms with Gasteiger partial charge in [0.25, 0.3) is 5.91 Å². The van der Waals surface area contributed by atoms with E-state index in [2.05, 4.69) is 9.97 Å². The largest absolute Gasteiger partial charge is 0.365 e. The number of amides is 1. The third-order valence-corrected chi connectivity index (χ3v) is 1.19. The monoisotopic (exact) mass is 170 g/mol. The molecule has 0 radical (unpaired) electrons. The minimum atomic E-state index is -0.796. The summed E-state index contributed by atoms with van der Waals surface area (Å²) in [6, 6.07) is 0. The number of primary amides is 1. The molecule has 7 heteroatoms. The number of hydrogen-bond acceptors (Lipinski definition) is 5. The zero-order chi connectivity index (χ0) is 9.14. The molecule has 7 nitrogen and oxygen atoms in total. The van der Waals surface area contributed by atoms with Crippen LogP contribution in [0, 0.1) is 0 Å². The van der Waals surface area contributed by atoms with Gasteiger partial charge in [0, 0.05) is 6.20 Å². The minimum absolute atomic E-state index is 0.0860. The summed E-state index contributed by atoms with van der Waals surface area (Å²) in [5, 5.41) is 8.44. The summed E-state index contributed by atoms with van der Waals surface area (Å²) in [6.07, 6.45) is 0.972. The molecule has 1 amide bonds. The Morgan fingerprint density at radius 1 is 1.75 bits per heavy atom. The molecule has 0 aliphatic carbocycles. The second-order valence-corrected chi connectivity index (χ2v) is 1.95. The molecule has 5 N–H and O–H groups in total. The van der Waals surface area contributed by atoms with Gasteiger partial charge >= 0.3 is 5.69 Å². The van der Waals surface area contributed by atoms with Crippen LogP contribution in [0.15, 0.2) is 11.0 Å². The van der Waals surface area contributed by atoms with Crippen LogP contribution in [0.1, 0.15) is 10.4 Å². The Bertz CT molecular complexity index is 358. The molecule has 0 aliphatic rings. The van der Waals surface area contributed by atoms with Crippen LogP contribution in [0.2, 0.25) is 0 Å². The number of aromatic nitrogens is 2. The number of hydrogen-bond donors (Lipinski definition) is 4. The molecule has 1 aromatic heterocycles. The average Bonchev–Trinajstić information content (AvgIpc) is 2.03. The van der Waals surface area contributed by atoms with Gasteiger partial charge in [-0.05, 0) is 0 Å². The van der Waals surface area contributed by atoms with Gasteiger partial charge in [-0.2, -0.15) is 0 Å². The molecule has 0 spiro atoms. The summed E-state index contributed by atoms with van der Waals surface area (Å²) in [4.78, 5) is 26.5. The molecule has 1 aromatic rings. The SMILES string of the molecule is NC(=O)c1cnc(=O)[nH]c1NO. The Balaban J connectivity index is 3.29. The van der Waals surface area contributed by atoms with Crippen LogP contribution >= 0.6 is 0 Å². The highest BCUT2D eigenvalue weighted by atomic mass is 16.5. The Morgan fingerprint density at radius 3 is 2.92 bits per heavy atom. The maximum atomic E-state index is 10.6. The van der Waals surface area contributed by atoms with Crippen molar-refractivity contribution in [2.24, 2.45) is 5.73 Å².